The summed E-state index contributed by atoms with van der Waals surface area (Å²) in [5, 5.41) is 4.41. The van der Waals surface area contributed by atoms with Gasteiger partial charge in [-0.2, -0.15) is 16.9 Å². The van der Waals surface area contributed by atoms with Gasteiger partial charge in [-0.1, -0.05) is 6.92 Å². The first-order chi connectivity index (χ1) is 8.76. The highest BCUT2D eigenvalue weighted by Gasteiger charge is 2.26. The van der Waals surface area contributed by atoms with Crippen LogP contribution in [0.4, 0.5) is 0 Å². The number of nitrogens with zero attached hydrogens (tertiary/aromatic N) is 3. The number of aromatic nitrogens is 2. The van der Waals surface area contributed by atoms with Crippen LogP contribution >= 0.6 is 11.8 Å². The van der Waals surface area contributed by atoms with Gasteiger partial charge in [0.05, 0.1) is 12.2 Å². The van der Waals surface area contributed by atoms with Crippen LogP contribution < -0.4 is 5.73 Å². The van der Waals surface area contributed by atoms with E-state index in [1.165, 1.54) is 23.5 Å². The molecular weight excluding hydrogens is 244 g/mol. The molecule has 0 spiro atoms. The van der Waals surface area contributed by atoms with E-state index in [-0.39, 0.29) is 0 Å². The zero-order valence-electron chi connectivity index (χ0n) is 11.4. The maximum Gasteiger partial charge on any atom is 0.0538 e. The summed E-state index contributed by atoms with van der Waals surface area (Å²) < 4.78 is 2.02. The van der Waals surface area contributed by atoms with Crippen LogP contribution in [0.3, 0.4) is 0 Å². The van der Waals surface area contributed by atoms with Gasteiger partial charge in [0.1, 0.15) is 0 Å². The average molecular weight is 268 g/mol. The SMILES string of the molecule is CCCn1cc(C(CN)N(C)C2CCSC2)cn1. The Labute approximate surface area is 114 Å². The third-order valence-electron chi connectivity index (χ3n) is 3.69. The van der Waals surface area contributed by atoms with Crippen LogP contribution in [-0.2, 0) is 6.54 Å². The molecule has 0 radical (unpaired) electrons. The minimum atomic E-state index is 0.305. The molecule has 0 saturated carbocycles. The normalized spacial score (nSPS) is 21.7. The fraction of sp³-hybridized carbons (Fsp3) is 0.769. The quantitative estimate of drug-likeness (QED) is 0.853. The van der Waals surface area contributed by atoms with E-state index in [2.05, 4.69) is 30.2 Å². The Morgan fingerprint density at radius 3 is 3.11 bits per heavy atom. The zero-order valence-corrected chi connectivity index (χ0v) is 12.2. The van der Waals surface area contributed by atoms with E-state index in [4.69, 9.17) is 5.73 Å². The summed E-state index contributed by atoms with van der Waals surface area (Å²) in [6.45, 7) is 3.82. The summed E-state index contributed by atoms with van der Waals surface area (Å²) >= 11 is 2.04. The minimum Gasteiger partial charge on any atom is -0.329 e. The van der Waals surface area contributed by atoms with Crippen molar-refractivity contribution in [3.8, 4) is 0 Å². The van der Waals surface area contributed by atoms with Gasteiger partial charge in [-0.15, -0.1) is 0 Å². The first-order valence-electron chi connectivity index (χ1n) is 6.78. The van der Waals surface area contributed by atoms with Gasteiger partial charge in [0.25, 0.3) is 0 Å². The van der Waals surface area contributed by atoms with Gasteiger partial charge in [-0.05, 0) is 25.6 Å². The number of nitrogens with two attached hydrogens (primary N) is 1. The van der Waals surface area contributed by atoms with Crippen LogP contribution in [0, 0.1) is 0 Å². The molecule has 0 aliphatic carbocycles. The van der Waals surface area contributed by atoms with Crippen LogP contribution in [0.2, 0.25) is 0 Å². The summed E-state index contributed by atoms with van der Waals surface area (Å²) in [5.74, 6) is 2.51. The molecular formula is C13H24N4S. The van der Waals surface area contributed by atoms with Crippen LogP contribution in [0.15, 0.2) is 12.4 Å². The zero-order chi connectivity index (χ0) is 13.0. The van der Waals surface area contributed by atoms with Crippen LogP contribution in [0.1, 0.15) is 31.4 Å². The molecule has 0 aromatic carbocycles. The third-order valence-corrected chi connectivity index (χ3v) is 4.83. The molecule has 1 saturated heterocycles. The highest BCUT2D eigenvalue weighted by Crippen LogP contribution is 2.28. The molecule has 2 atom stereocenters. The molecule has 1 aliphatic heterocycles. The Kier molecular flexibility index (Phi) is 5.09. The summed E-state index contributed by atoms with van der Waals surface area (Å²) in [6.07, 6.45) is 6.52. The Hall–Kier alpha value is -0.520. The average Bonchev–Trinajstić information content (AvgIpc) is 3.01. The molecule has 2 heterocycles. The Balaban J connectivity index is 2.05. The molecule has 2 N–H and O–H groups in total. The summed E-state index contributed by atoms with van der Waals surface area (Å²) in [6, 6.07) is 0.970. The molecule has 1 fully saturated rings. The van der Waals surface area contributed by atoms with Crippen molar-refractivity contribution in [3.05, 3.63) is 18.0 Å². The van der Waals surface area contributed by atoms with Gasteiger partial charge >= 0.3 is 0 Å². The molecule has 5 heteroatoms. The minimum absolute atomic E-state index is 0.305. The van der Waals surface area contributed by atoms with Crippen molar-refractivity contribution in [3.63, 3.8) is 0 Å². The third kappa shape index (κ3) is 3.08. The van der Waals surface area contributed by atoms with E-state index in [9.17, 15) is 0 Å². The predicted octanol–water partition coefficient (Wildman–Crippen LogP) is 1.73. The van der Waals surface area contributed by atoms with Gasteiger partial charge in [0.15, 0.2) is 0 Å². The van der Waals surface area contributed by atoms with Crippen molar-refractivity contribution in [2.75, 3.05) is 25.1 Å². The van der Waals surface area contributed by atoms with Gasteiger partial charge < -0.3 is 5.73 Å². The van der Waals surface area contributed by atoms with Crippen LogP contribution in [0.25, 0.3) is 0 Å². The number of likely N-dealkylation sites (N-methyl/N-ethyl adjacent to an activating group) is 1. The monoisotopic (exact) mass is 268 g/mol. The van der Waals surface area contributed by atoms with Crippen molar-refractivity contribution in [2.24, 2.45) is 5.73 Å². The van der Waals surface area contributed by atoms with Crippen LogP contribution in [-0.4, -0.2) is 45.8 Å². The number of rotatable bonds is 6. The highest BCUT2D eigenvalue weighted by molar-refractivity contribution is 7.99. The second-order valence-electron chi connectivity index (χ2n) is 4.97. The molecule has 102 valence electrons. The number of thioether (sulfide) groups is 1. The molecule has 1 aromatic rings. The molecule has 18 heavy (non-hydrogen) atoms. The summed E-state index contributed by atoms with van der Waals surface area (Å²) in [4.78, 5) is 2.44. The van der Waals surface area contributed by atoms with Crippen molar-refractivity contribution in [1.29, 1.82) is 0 Å². The van der Waals surface area contributed by atoms with Crippen LogP contribution in [0.5, 0.6) is 0 Å². The first kappa shape index (κ1) is 13.9. The van der Waals surface area contributed by atoms with Crippen molar-refractivity contribution < 1.29 is 0 Å². The predicted molar refractivity (Wildman–Crippen MR) is 77.8 cm³/mol. The Bertz CT molecular complexity index is 360. The van der Waals surface area contributed by atoms with Crippen molar-refractivity contribution in [1.82, 2.24) is 14.7 Å². The highest BCUT2D eigenvalue weighted by atomic mass is 32.2. The topological polar surface area (TPSA) is 47.1 Å². The molecule has 2 unspecified atom stereocenters. The molecule has 0 amide bonds. The summed E-state index contributed by atoms with van der Waals surface area (Å²) in [5.41, 5.74) is 7.23. The van der Waals surface area contributed by atoms with E-state index >= 15 is 0 Å². The standard InChI is InChI=1S/C13H24N4S/c1-3-5-17-9-11(8-15-17)13(7-14)16(2)12-4-6-18-10-12/h8-9,12-13H,3-7,10,14H2,1-2H3. The number of hydrogen-bond donors (Lipinski definition) is 1. The van der Waals surface area contributed by atoms with E-state index < -0.39 is 0 Å². The number of hydrogen-bond acceptors (Lipinski definition) is 4. The van der Waals surface area contributed by atoms with E-state index in [1.54, 1.807) is 0 Å². The van der Waals surface area contributed by atoms with Gasteiger partial charge in [-0.25, -0.2) is 0 Å². The molecule has 1 aromatic heterocycles. The summed E-state index contributed by atoms with van der Waals surface area (Å²) in [7, 11) is 2.20. The maximum atomic E-state index is 5.97. The largest absolute Gasteiger partial charge is 0.329 e. The second kappa shape index (κ2) is 6.59. The van der Waals surface area contributed by atoms with E-state index in [1.807, 2.05) is 22.6 Å². The maximum absolute atomic E-state index is 5.97. The van der Waals surface area contributed by atoms with E-state index in [0.717, 1.165) is 13.0 Å². The smallest absolute Gasteiger partial charge is 0.0538 e. The Morgan fingerprint density at radius 2 is 2.50 bits per heavy atom. The molecule has 1 aliphatic rings. The molecule has 4 nitrogen and oxygen atoms in total. The van der Waals surface area contributed by atoms with Crippen molar-refractivity contribution >= 4 is 11.8 Å². The first-order valence-corrected chi connectivity index (χ1v) is 7.93. The lowest BCUT2D eigenvalue weighted by Crippen LogP contribution is -2.38. The second-order valence-corrected chi connectivity index (χ2v) is 6.12. The van der Waals surface area contributed by atoms with Gasteiger partial charge in [-0.3, -0.25) is 9.58 Å². The van der Waals surface area contributed by atoms with Gasteiger partial charge in [0, 0.05) is 36.6 Å². The Morgan fingerprint density at radius 1 is 1.67 bits per heavy atom. The van der Waals surface area contributed by atoms with E-state index in [0.29, 0.717) is 18.6 Å². The lowest BCUT2D eigenvalue weighted by molar-refractivity contribution is 0.192. The number of aryl methyl sites for hydroxylation is 1. The van der Waals surface area contributed by atoms with Crippen molar-refractivity contribution in [2.45, 2.75) is 38.4 Å². The fourth-order valence-corrected chi connectivity index (χ4v) is 3.82. The lowest BCUT2D eigenvalue weighted by Gasteiger charge is -2.31. The fourth-order valence-electron chi connectivity index (χ4n) is 2.54. The lowest BCUT2D eigenvalue weighted by atomic mass is 10.1. The molecule has 2 rings (SSSR count). The molecule has 0 bridgehead atoms. The van der Waals surface area contributed by atoms with Gasteiger partial charge in [0.2, 0.25) is 0 Å².